The van der Waals surface area contributed by atoms with Crippen LogP contribution in [0.2, 0.25) is 0 Å². The van der Waals surface area contributed by atoms with Gasteiger partial charge >= 0.3 is 0 Å². The van der Waals surface area contributed by atoms with Crippen LogP contribution in [0.1, 0.15) is 37.9 Å². The van der Waals surface area contributed by atoms with Gasteiger partial charge in [-0.05, 0) is 24.8 Å². The topological polar surface area (TPSA) is 102 Å². The summed E-state index contributed by atoms with van der Waals surface area (Å²) in [6, 6.07) is 2.00. The molecule has 150 valence electrons. The van der Waals surface area contributed by atoms with Crippen LogP contribution in [0.4, 0.5) is 0 Å². The predicted octanol–water partition coefficient (Wildman–Crippen LogP) is 2.50. The molecule has 8 nitrogen and oxygen atoms in total. The molecule has 0 bridgehead atoms. The van der Waals surface area contributed by atoms with Gasteiger partial charge in [0, 0.05) is 18.4 Å². The minimum Gasteiger partial charge on any atom is -0.376 e. The van der Waals surface area contributed by atoms with Crippen molar-refractivity contribution in [1.29, 1.82) is 0 Å². The molecular formula is C19H25N5O3S. The number of nitrogens with one attached hydrogen (secondary N) is 1. The zero-order valence-electron chi connectivity index (χ0n) is 16.1. The Morgan fingerprint density at radius 2 is 2.21 bits per heavy atom. The molecular weight excluding hydrogens is 378 g/mol. The number of aromatic amines is 1. The predicted molar refractivity (Wildman–Crippen MR) is 107 cm³/mol. The summed E-state index contributed by atoms with van der Waals surface area (Å²) in [6.45, 7) is 2.89. The van der Waals surface area contributed by atoms with Crippen LogP contribution in [0.25, 0.3) is 16.8 Å². The number of rotatable bonds is 7. The first-order valence-electron chi connectivity index (χ1n) is 9.56. The smallest absolute Gasteiger partial charge is 0.179 e. The molecule has 0 aliphatic heterocycles. The number of ether oxygens (including phenoxy) is 1. The molecule has 3 heterocycles. The molecule has 3 aromatic rings. The quantitative estimate of drug-likeness (QED) is 0.480. The third kappa shape index (κ3) is 3.81. The maximum Gasteiger partial charge on any atom is 0.179 e. The number of aromatic nitrogens is 5. The lowest BCUT2D eigenvalue weighted by atomic mass is 9.93. The van der Waals surface area contributed by atoms with Crippen molar-refractivity contribution >= 4 is 26.6 Å². The molecule has 0 aromatic carbocycles. The molecule has 0 saturated heterocycles. The van der Waals surface area contributed by atoms with Crippen LogP contribution in [0.3, 0.4) is 0 Å². The second-order valence-corrected chi connectivity index (χ2v) is 9.73. The SMILES string of the molecule is CCC1CC(=CCOCCS(C)(=O)=O)CC1c1nnc2cnc3[nH]ccc3n12. The molecule has 0 radical (unpaired) electrons. The Kier molecular flexibility index (Phi) is 5.20. The van der Waals surface area contributed by atoms with Gasteiger partial charge in [0.2, 0.25) is 0 Å². The maximum absolute atomic E-state index is 11.2. The lowest BCUT2D eigenvalue weighted by Crippen LogP contribution is -2.10. The molecule has 1 fully saturated rings. The zero-order valence-corrected chi connectivity index (χ0v) is 16.9. The molecule has 3 aromatic heterocycles. The van der Waals surface area contributed by atoms with Crippen LogP contribution in [0.5, 0.6) is 0 Å². The molecule has 2 unspecified atom stereocenters. The number of hydrogen-bond donors (Lipinski definition) is 1. The first-order valence-corrected chi connectivity index (χ1v) is 11.6. The number of hydrogen-bond acceptors (Lipinski definition) is 6. The third-order valence-electron chi connectivity index (χ3n) is 5.49. The van der Waals surface area contributed by atoms with Crippen LogP contribution < -0.4 is 0 Å². The average molecular weight is 404 g/mol. The second kappa shape index (κ2) is 7.63. The maximum atomic E-state index is 11.2. The number of allylic oxidation sites excluding steroid dienone is 1. The Bertz CT molecular complexity index is 1120. The minimum absolute atomic E-state index is 0.0583. The van der Waals surface area contributed by atoms with Gasteiger partial charge in [-0.15, -0.1) is 10.2 Å². The van der Waals surface area contributed by atoms with Gasteiger partial charge in [-0.2, -0.15) is 0 Å². The molecule has 0 spiro atoms. The fourth-order valence-corrected chi connectivity index (χ4v) is 4.44. The van der Waals surface area contributed by atoms with Crippen molar-refractivity contribution in [3.05, 3.63) is 35.9 Å². The standard InChI is InChI=1S/C19H25N5O3S/c1-3-14-10-13(5-7-27-8-9-28(2,25)26)11-15(14)19-23-22-17-12-21-18-16(24(17)19)4-6-20-18/h4-6,12,14-15,20H,3,7-11H2,1-2H3. The molecule has 1 saturated carbocycles. The normalized spacial score (nSPS) is 22.0. The highest BCUT2D eigenvalue weighted by Gasteiger charge is 2.34. The number of nitrogens with zero attached hydrogens (tertiary/aromatic N) is 4. The number of sulfone groups is 1. The van der Waals surface area contributed by atoms with E-state index < -0.39 is 9.84 Å². The van der Waals surface area contributed by atoms with Crippen molar-refractivity contribution in [2.45, 2.75) is 32.1 Å². The van der Waals surface area contributed by atoms with E-state index in [1.807, 2.05) is 12.3 Å². The van der Waals surface area contributed by atoms with E-state index in [9.17, 15) is 8.42 Å². The summed E-state index contributed by atoms with van der Waals surface area (Å²) in [7, 11) is -2.98. The van der Waals surface area contributed by atoms with Gasteiger partial charge in [0.25, 0.3) is 0 Å². The fraction of sp³-hybridized carbons (Fsp3) is 0.526. The molecule has 28 heavy (non-hydrogen) atoms. The molecule has 0 amide bonds. The fourth-order valence-electron chi connectivity index (χ4n) is 4.02. The molecule has 1 aliphatic rings. The van der Waals surface area contributed by atoms with Gasteiger partial charge < -0.3 is 9.72 Å². The van der Waals surface area contributed by atoms with E-state index >= 15 is 0 Å². The lowest BCUT2D eigenvalue weighted by molar-refractivity contribution is 0.178. The Morgan fingerprint density at radius 3 is 3.00 bits per heavy atom. The first-order chi connectivity index (χ1) is 13.5. The van der Waals surface area contributed by atoms with Gasteiger partial charge in [-0.3, -0.25) is 4.40 Å². The molecule has 1 N–H and O–H groups in total. The second-order valence-electron chi connectivity index (χ2n) is 7.47. The van der Waals surface area contributed by atoms with Crippen molar-refractivity contribution in [3.63, 3.8) is 0 Å². The average Bonchev–Trinajstić information content (AvgIpc) is 3.36. The van der Waals surface area contributed by atoms with Gasteiger partial charge in [0.05, 0.1) is 30.7 Å². The number of H-pyrrole nitrogens is 1. The van der Waals surface area contributed by atoms with Gasteiger partial charge in [0.15, 0.2) is 11.3 Å². The van der Waals surface area contributed by atoms with Gasteiger partial charge in [0.1, 0.15) is 15.7 Å². The van der Waals surface area contributed by atoms with E-state index in [0.717, 1.165) is 41.9 Å². The van der Waals surface area contributed by atoms with E-state index in [-0.39, 0.29) is 12.4 Å². The van der Waals surface area contributed by atoms with Crippen LogP contribution in [0.15, 0.2) is 30.1 Å². The summed E-state index contributed by atoms with van der Waals surface area (Å²) in [5.41, 5.74) is 3.93. The molecule has 1 aliphatic carbocycles. The highest BCUT2D eigenvalue weighted by atomic mass is 32.2. The highest BCUT2D eigenvalue weighted by Crippen LogP contribution is 2.44. The summed E-state index contributed by atoms with van der Waals surface area (Å²) in [5, 5.41) is 8.84. The Morgan fingerprint density at radius 1 is 1.36 bits per heavy atom. The summed E-state index contributed by atoms with van der Waals surface area (Å²) < 4.78 is 29.9. The lowest BCUT2D eigenvalue weighted by Gasteiger charge is -2.15. The first kappa shape index (κ1) is 19.1. The van der Waals surface area contributed by atoms with Gasteiger partial charge in [-0.25, -0.2) is 13.4 Å². The largest absolute Gasteiger partial charge is 0.376 e. The van der Waals surface area contributed by atoms with Crippen molar-refractivity contribution in [2.75, 3.05) is 25.2 Å². The highest BCUT2D eigenvalue weighted by molar-refractivity contribution is 7.90. The van der Waals surface area contributed by atoms with E-state index in [4.69, 9.17) is 4.74 Å². The van der Waals surface area contributed by atoms with Crippen LogP contribution in [-0.2, 0) is 14.6 Å². The van der Waals surface area contributed by atoms with Crippen molar-refractivity contribution in [1.82, 2.24) is 24.6 Å². The van der Waals surface area contributed by atoms with Crippen molar-refractivity contribution in [2.24, 2.45) is 5.92 Å². The van der Waals surface area contributed by atoms with Crippen LogP contribution in [0, 0.1) is 5.92 Å². The summed E-state index contributed by atoms with van der Waals surface area (Å²) in [5.74, 6) is 1.83. The summed E-state index contributed by atoms with van der Waals surface area (Å²) in [6.07, 6.45) is 9.94. The Labute approximate surface area is 163 Å². The zero-order chi connectivity index (χ0) is 19.7. The Balaban J connectivity index is 1.53. The van der Waals surface area contributed by atoms with E-state index in [2.05, 4.69) is 37.6 Å². The van der Waals surface area contributed by atoms with E-state index in [1.54, 1.807) is 6.20 Å². The summed E-state index contributed by atoms with van der Waals surface area (Å²) in [4.78, 5) is 7.53. The van der Waals surface area contributed by atoms with E-state index in [1.165, 1.54) is 11.8 Å². The van der Waals surface area contributed by atoms with E-state index in [0.29, 0.717) is 18.4 Å². The monoisotopic (exact) mass is 403 g/mol. The summed E-state index contributed by atoms with van der Waals surface area (Å²) >= 11 is 0. The number of fused-ring (bicyclic) bond motifs is 3. The minimum atomic E-state index is -2.98. The third-order valence-corrected chi connectivity index (χ3v) is 6.40. The van der Waals surface area contributed by atoms with Crippen molar-refractivity contribution in [3.8, 4) is 0 Å². The Hall–Kier alpha value is -2.26. The van der Waals surface area contributed by atoms with Crippen LogP contribution >= 0.6 is 0 Å². The van der Waals surface area contributed by atoms with Crippen LogP contribution in [-0.4, -0.2) is 58.2 Å². The van der Waals surface area contributed by atoms with Gasteiger partial charge in [-0.1, -0.05) is 25.0 Å². The molecule has 2 atom stereocenters. The molecule has 4 rings (SSSR count). The van der Waals surface area contributed by atoms with Crippen molar-refractivity contribution < 1.29 is 13.2 Å². The molecule has 9 heteroatoms.